The quantitative estimate of drug-likeness (QED) is 0.592. The Morgan fingerprint density at radius 1 is 1.40 bits per heavy atom. The third kappa shape index (κ3) is 0.572. The third-order valence-corrected chi connectivity index (χ3v) is 1.40. The van der Waals surface area contributed by atoms with Gasteiger partial charge in [-0.2, -0.15) is 0 Å². The van der Waals surface area contributed by atoms with E-state index in [4.69, 9.17) is 10.2 Å². The van der Waals surface area contributed by atoms with Crippen molar-refractivity contribution in [3.05, 3.63) is 24.6 Å². The van der Waals surface area contributed by atoms with Gasteiger partial charge in [-0.3, -0.25) is 0 Å². The molecule has 10 heavy (non-hydrogen) atoms. The van der Waals surface area contributed by atoms with Crippen LogP contribution < -0.4 is 5.73 Å². The molecule has 0 aliphatic rings. The average Bonchev–Trinajstić information content (AvgIpc) is 2.36. The van der Waals surface area contributed by atoms with Crippen LogP contribution in [0, 0.1) is 0 Å². The topological polar surface area (TPSA) is 52.0 Å². The van der Waals surface area contributed by atoms with Gasteiger partial charge < -0.3 is 10.2 Å². The fourth-order valence-electron chi connectivity index (χ4n) is 0.896. The molecule has 3 nitrogen and oxygen atoms in total. The highest BCUT2D eigenvalue weighted by atomic mass is 16.3. The van der Waals surface area contributed by atoms with E-state index in [1.165, 1.54) is 0 Å². The third-order valence-electron chi connectivity index (χ3n) is 1.40. The van der Waals surface area contributed by atoms with E-state index in [9.17, 15) is 0 Å². The van der Waals surface area contributed by atoms with Crippen molar-refractivity contribution in [3.63, 3.8) is 0 Å². The second-order valence-corrected chi connectivity index (χ2v) is 2.04. The molecule has 0 amide bonds. The summed E-state index contributed by atoms with van der Waals surface area (Å²) in [7, 11) is 0. The highest BCUT2D eigenvalue weighted by molar-refractivity contribution is 5.85. The number of furan rings is 1. The monoisotopic (exact) mass is 134 g/mol. The molecule has 0 bridgehead atoms. The number of nitrogen functional groups attached to an aromatic ring is 1. The molecule has 0 saturated heterocycles. The molecule has 3 heteroatoms. The van der Waals surface area contributed by atoms with Crippen molar-refractivity contribution in [3.8, 4) is 0 Å². The second kappa shape index (κ2) is 1.73. The van der Waals surface area contributed by atoms with Crippen LogP contribution in [-0.2, 0) is 0 Å². The highest BCUT2D eigenvalue weighted by Gasteiger charge is 1.98. The normalized spacial score (nSPS) is 10.4. The minimum absolute atomic E-state index is 0.597. The molecule has 0 aliphatic carbocycles. The lowest BCUT2D eigenvalue weighted by Crippen LogP contribution is -1.84. The van der Waals surface area contributed by atoms with E-state index in [0.29, 0.717) is 11.4 Å². The van der Waals surface area contributed by atoms with Gasteiger partial charge in [0.25, 0.3) is 0 Å². The van der Waals surface area contributed by atoms with Gasteiger partial charge in [-0.25, -0.2) is 4.98 Å². The van der Waals surface area contributed by atoms with E-state index in [0.717, 1.165) is 5.39 Å². The molecule has 2 aromatic rings. The van der Waals surface area contributed by atoms with Crippen LogP contribution in [0.1, 0.15) is 0 Å². The molecule has 2 heterocycles. The van der Waals surface area contributed by atoms with Crippen LogP contribution in [-0.4, -0.2) is 4.98 Å². The van der Waals surface area contributed by atoms with Crippen molar-refractivity contribution in [2.24, 2.45) is 0 Å². The maximum atomic E-state index is 5.60. The molecular formula is C7H6N2O. The first-order valence-electron chi connectivity index (χ1n) is 2.95. The Balaban J connectivity index is 2.95. The number of aromatic nitrogens is 1. The van der Waals surface area contributed by atoms with Gasteiger partial charge in [-0.1, -0.05) is 0 Å². The molecule has 2 rings (SSSR count). The van der Waals surface area contributed by atoms with Crippen LogP contribution in [0.15, 0.2) is 29.0 Å². The number of nitrogens with zero attached hydrogens (tertiary/aromatic N) is 1. The summed E-state index contributed by atoms with van der Waals surface area (Å²) < 4.78 is 5.01. The molecule has 2 N–H and O–H groups in total. The summed E-state index contributed by atoms with van der Waals surface area (Å²) in [5.74, 6) is 0. The van der Waals surface area contributed by atoms with Crippen molar-refractivity contribution >= 4 is 16.8 Å². The molecular weight excluding hydrogens is 128 g/mol. The van der Waals surface area contributed by atoms with Crippen LogP contribution >= 0.6 is 0 Å². The standard InChI is InChI=1S/C7H6N2O/c8-6-1-3-9-7-5(6)2-4-10-7/h1-4H,(H2,8,9). The largest absolute Gasteiger partial charge is 0.446 e. The summed E-state index contributed by atoms with van der Waals surface area (Å²) >= 11 is 0. The molecule has 50 valence electrons. The van der Waals surface area contributed by atoms with Crippen molar-refractivity contribution in [2.45, 2.75) is 0 Å². The summed E-state index contributed by atoms with van der Waals surface area (Å²) in [6.45, 7) is 0. The summed E-state index contributed by atoms with van der Waals surface area (Å²) in [5, 5.41) is 0.877. The molecule has 0 atom stereocenters. The lowest BCUT2D eigenvalue weighted by Gasteiger charge is -1.90. The molecule has 0 radical (unpaired) electrons. The van der Waals surface area contributed by atoms with Crippen LogP contribution in [0.3, 0.4) is 0 Å². The molecule has 0 aromatic carbocycles. The highest BCUT2D eigenvalue weighted by Crippen LogP contribution is 2.18. The van der Waals surface area contributed by atoms with Crippen LogP contribution in [0.5, 0.6) is 0 Å². The summed E-state index contributed by atoms with van der Waals surface area (Å²) in [6.07, 6.45) is 3.20. The average molecular weight is 134 g/mol. The van der Waals surface area contributed by atoms with Crippen LogP contribution in [0.25, 0.3) is 11.1 Å². The minimum atomic E-state index is 0.597. The van der Waals surface area contributed by atoms with Crippen LogP contribution in [0.4, 0.5) is 5.69 Å². The number of pyridine rings is 1. The van der Waals surface area contributed by atoms with E-state index in [2.05, 4.69) is 4.98 Å². The van der Waals surface area contributed by atoms with Gasteiger partial charge >= 0.3 is 0 Å². The number of hydrogen-bond donors (Lipinski definition) is 1. The smallest absolute Gasteiger partial charge is 0.227 e. The number of fused-ring (bicyclic) bond motifs is 1. The molecule has 2 aromatic heterocycles. The zero-order valence-corrected chi connectivity index (χ0v) is 5.24. The maximum Gasteiger partial charge on any atom is 0.227 e. The van der Waals surface area contributed by atoms with Crippen molar-refractivity contribution in [2.75, 3.05) is 5.73 Å². The first-order chi connectivity index (χ1) is 4.88. The van der Waals surface area contributed by atoms with Gasteiger partial charge in [-0.05, 0) is 12.1 Å². The van der Waals surface area contributed by atoms with E-state index in [1.807, 2.05) is 0 Å². The van der Waals surface area contributed by atoms with E-state index in [1.54, 1.807) is 24.6 Å². The Labute approximate surface area is 57.5 Å². The number of anilines is 1. The maximum absolute atomic E-state index is 5.60. The number of rotatable bonds is 0. The van der Waals surface area contributed by atoms with Crippen molar-refractivity contribution < 1.29 is 4.42 Å². The lowest BCUT2D eigenvalue weighted by molar-refractivity contribution is 0.603. The van der Waals surface area contributed by atoms with Crippen LogP contribution in [0.2, 0.25) is 0 Å². The Hall–Kier alpha value is -1.51. The minimum Gasteiger partial charge on any atom is -0.446 e. The predicted molar refractivity (Wildman–Crippen MR) is 38.4 cm³/mol. The second-order valence-electron chi connectivity index (χ2n) is 2.04. The SMILES string of the molecule is Nc1ccnc2occc12. The summed E-state index contributed by atoms with van der Waals surface area (Å²) in [4.78, 5) is 3.96. The Kier molecular flexibility index (Phi) is 0.917. The molecule has 0 aliphatic heterocycles. The van der Waals surface area contributed by atoms with E-state index in [-0.39, 0.29) is 0 Å². The van der Waals surface area contributed by atoms with Gasteiger partial charge in [0.05, 0.1) is 11.6 Å². The Morgan fingerprint density at radius 3 is 3.10 bits per heavy atom. The first kappa shape index (κ1) is 5.29. The van der Waals surface area contributed by atoms with E-state index < -0.39 is 0 Å². The fraction of sp³-hybridized carbons (Fsp3) is 0. The van der Waals surface area contributed by atoms with Crippen molar-refractivity contribution in [1.29, 1.82) is 0 Å². The number of hydrogen-bond acceptors (Lipinski definition) is 3. The van der Waals surface area contributed by atoms with Gasteiger partial charge in [0, 0.05) is 11.9 Å². The van der Waals surface area contributed by atoms with Gasteiger partial charge in [-0.15, -0.1) is 0 Å². The predicted octanol–water partition coefficient (Wildman–Crippen LogP) is 1.41. The molecule has 0 fully saturated rings. The molecule has 0 saturated carbocycles. The first-order valence-corrected chi connectivity index (χ1v) is 2.95. The summed E-state index contributed by atoms with van der Waals surface area (Å²) in [5.41, 5.74) is 6.91. The Morgan fingerprint density at radius 2 is 2.30 bits per heavy atom. The van der Waals surface area contributed by atoms with E-state index >= 15 is 0 Å². The van der Waals surface area contributed by atoms with Crippen molar-refractivity contribution in [1.82, 2.24) is 4.98 Å². The van der Waals surface area contributed by atoms with Gasteiger partial charge in [0.1, 0.15) is 0 Å². The zero-order valence-electron chi connectivity index (χ0n) is 5.24. The number of nitrogens with two attached hydrogens (primary N) is 1. The summed E-state index contributed by atoms with van der Waals surface area (Å²) in [6, 6.07) is 3.55. The Bertz CT molecular complexity index is 353. The lowest BCUT2D eigenvalue weighted by atomic mass is 10.3. The fourth-order valence-corrected chi connectivity index (χ4v) is 0.896. The van der Waals surface area contributed by atoms with Gasteiger partial charge in [0.2, 0.25) is 5.71 Å². The zero-order chi connectivity index (χ0) is 6.97. The molecule has 0 unspecified atom stereocenters. The van der Waals surface area contributed by atoms with Gasteiger partial charge in [0.15, 0.2) is 0 Å². The molecule has 0 spiro atoms.